The molecule has 2 fully saturated rings. The molecule has 2 atom stereocenters. The van der Waals surface area contributed by atoms with Crippen LogP contribution in [-0.4, -0.2) is 65.4 Å². The van der Waals surface area contributed by atoms with Crippen molar-refractivity contribution in [2.75, 3.05) is 39.3 Å². The van der Waals surface area contributed by atoms with E-state index in [0.29, 0.717) is 11.9 Å². The van der Waals surface area contributed by atoms with Crippen molar-refractivity contribution in [3.05, 3.63) is 11.7 Å². The smallest absolute Gasteiger partial charge is 0.243 e. The largest absolute Gasteiger partial charge is 0.377 e. The van der Waals surface area contributed by atoms with Crippen LogP contribution in [0.15, 0.2) is 4.52 Å². The summed E-state index contributed by atoms with van der Waals surface area (Å²) in [7, 11) is 0. The zero-order chi connectivity index (χ0) is 13.9. The molecule has 1 aromatic rings. The van der Waals surface area contributed by atoms with E-state index >= 15 is 0 Å². The fourth-order valence-electron chi connectivity index (χ4n) is 3.05. The molecular formula is C14H24N4O2. The molecule has 0 saturated carbocycles. The highest BCUT2D eigenvalue weighted by molar-refractivity contribution is 4.92. The van der Waals surface area contributed by atoms with Crippen LogP contribution >= 0.6 is 0 Å². The van der Waals surface area contributed by atoms with Gasteiger partial charge in [0, 0.05) is 39.3 Å². The minimum Gasteiger partial charge on any atom is -0.377 e. The molecule has 112 valence electrons. The number of piperazine rings is 1. The first-order chi connectivity index (χ1) is 9.72. The molecule has 2 aliphatic rings. The molecule has 0 amide bonds. The van der Waals surface area contributed by atoms with Gasteiger partial charge >= 0.3 is 0 Å². The van der Waals surface area contributed by atoms with Crippen LogP contribution in [0, 0.1) is 6.92 Å². The van der Waals surface area contributed by atoms with Gasteiger partial charge in [-0.05, 0) is 26.7 Å². The molecule has 6 nitrogen and oxygen atoms in total. The number of nitrogens with zero attached hydrogens (tertiary/aromatic N) is 4. The summed E-state index contributed by atoms with van der Waals surface area (Å²) >= 11 is 0. The third-order valence-electron chi connectivity index (χ3n) is 4.34. The van der Waals surface area contributed by atoms with E-state index in [0.717, 1.165) is 45.2 Å². The number of rotatable bonds is 4. The van der Waals surface area contributed by atoms with Crippen LogP contribution in [0.1, 0.15) is 37.5 Å². The molecule has 1 aromatic heterocycles. The highest BCUT2D eigenvalue weighted by atomic mass is 16.5. The maximum atomic E-state index is 5.71. The van der Waals surface area contributed by atoms with Gasteiger partial charge in [-0.15, -0.1) is 0 Å². The number of hydrogen-bond acceptors (Lipinski definition) is 6. The van der Waals surface area contributed by atoms with Crippen LogP contribution in [0.4, 0.5) is 0 Å². The number of aromatic nitrogens is 2. The zero-order valence-electron chi connectivity index (χ0n) is 12.4. The lowest BCUT2D eigenvalue weighted by Gasteiger charge is -2.37. The van der Waals surface area contributed by atoms with Crippen LogP contribution in [0.2, 0.25) is 0 Å². The number of ether oxygens (including phenoxy) is 1. The first-order valence-electron chi connectivity index (χ1n) is 7.60. The molecule has 20 heavy (non-hydrogen) atoms. The van der Waals surface area contributed by atoms with E-state index in [4.69, 9.17) is 9.26 Å². The Morgan fingerprint density at radius 3 is 2.70 bits per heavy atom. The van der Waals surface area contributed by atoms with Gasteiger partial charge in [-0.25, -0.2) is 0 Å². The maximum absolute atomic E-state index is 5.71. The SMILES string of the molecule is Cc1noc([C@@H](C)N2CCN(C[C@@H]3CCCO3)CC2)n1. The molecule has 3 rings (SSSR count). The second kappa shape index (κ2) is 6.20. The number of aryl methyl sites for hydroxylation is 1. The summed E-state index contributed by atoms with van der Waals surface area (Å²) in [5.41, 5.74) is 0. The quantitative estimate of drug-likeness (QED) is 0.827. The van der Waals surface area contributed by atoms with Gasteiger partial charge in [0.2, 0.25) is 5.89 Å². The first kappa shape index (κ1) is 14.0. The van der Waals surface area contributed by atoms with Crippen molar-refractivity contribution in [2.45, 2.75) is 38.8 Å². The molecule has 3 heterocycles. The van der Waals surface area contributed by atoms with E-state index in [1.165, 1.54) is 12.8 Å². The molecule has 2 aliphatic heterocycles. The van der Waals surface area contributed by atoms with Crippen molar-refractivity contribution in [3.8, 4) is 0 Å². The van der Waals surface area contributed by atoms with E-state index < -0.39 is 0 Å². The van der Waals surface area contributed by atoms with Crippen molar-refractivity contribution >= 4 is 0 Å². The third-order valence-corrected chi connectivity index (χ3v) is 4.34. The van der Waals surface area contributed by atoms with Gasteiger partial charge in [0.15, 0.2) is 5.82 Å². The van der Waals surface area contributed by atoms with Crippen LogP contribution in [-0.2, 0) is 4.74 Å². The summed E-state index contributed by atoms with van der Waals surface area (Å²) in [6.45, 7) is 10.3. The second-order valence-electron chi connectivity index (χ2n) is 5.83. The van der Waals surface area contributed by atoms with Gasteiger partial charge in [0.1, 0.15) is 0 Å². The average Bonchev–Trinajstić information content (AvgIpc) is 3.10. The average molecular weight is 280 g/mol. The first-order valence-corrected chi connectivity index (χ1v) is 7.60. The second-order valence-corrected chi connectivity index (χ2v) is 5.83. The summed E-state index contributed by atoms with van der Waals surface area (Å²) in [6.07, 6.45) is 2.90. The Morgan fingerprint density at radius 2 is 2.10 bits per heavy atom. The summed E-state index contributed by atoms with van der Waals surface area (Å²) in [5, 5.41) is 3.88. The van der Waals surface area contributed by atoms with E-state index in [-0.39, 0.29) is 6.04 Å². The van der Waals surface area contributed by atoms with E-state index in [1.54, 1.807) is 0 Å². The van der Waals surface area contributed by atoms with Gasteiger partial charge in [0.05, 0.1) is 12.1 Å². The summed E-state index contributed by atoms with van der Waals surface area (Å²) < 4.78 is 11.0. The molecular weight excluding hydrogens is 256 g/mol. The molecule has 0 bridgehead atoms. The third kappa shape index (κ3) is 3.19. The molecule has 0 spiro atoms. The molecule has 0 radical (unpaired) electrons. The Hall–Kier alpha value is -0.980. The maximum Gasteiger partial charge on any atom is 0.243 e. The van der Waals surface area contributed by atoms with Gasteiger partial charge in [-0.3, -0.25) is 9.80 Å². The molecule has 6 heteroatoms. The van der Waals surface area contributed by atoms with Crippen LogP contribution in [0.25, 0.3) is 0 Å². The lowest BCUT2D eigenvalue weighted by Crippen LogP contribution is -2.49. The van der Waals surface area contributed by atoms with Gasteiger partial charge in [-0.1, -0.05) is 5.16 Å². The molecule has 0 aliphatic carbocycles. The summed E-state index contributed by atoms with van der Waals surface area (Å²) in [6, 6.07) is 0.209. The fraction of sp³-hybridized carbons (Fsp3) is 0.857. The predicted molar refractivity (Wildman–Crippen MR) is 74.4 cm³/mol. The molecule has 2 saturated heterocycles. The van der Waals surface area contributed by atoms with Gasteiger partial charge in [0.25, 0.3) is 0 Å². The topological polar surface area (TPSA) is 54.6 Å². The van der Waals surface area contributed by atoms with E-state index in [2.05, 4.69) is 26.9 Å². The van der Waals surface area contributed by atoms with E-state index in [9.17, 15) is 0 Å². The van der Waals surface area contributed by atoms with E-state index in [1.807, 2.05) is 6.92 Å². The van der Waals surface area contributed by atoms with Crippen LogP contribution < -0.4 is 0 Å². The predicted octanol–water partition coefficient (Wildman–Crippen LogP) is 1.24. The van der Waals surface area contributed by atoms with Crippen molar-refractivity contribution in [3.63, 3.8) is 0 Å². The zero-order valence-corrected chi connectivity index (χ0v) is 12.4. The number of hydrogen-bond donors (Lipinski definition) is 0. The van der Waals surface area contributed by atoms with Gasteiger partial charge < -0.3 is 9.26 Å². The van der Waals surface area contributed by atoms with Crippen LogP contribution in [0.5, 0.6) is 0 Å². The molecule has 0 aromatic carbocycles. The van der Waals surface area contributed by atoms with Crippen molar-refractivity contribution in [1.29, 1.82) is 0 Å². The van der Waals surface area contributed by atoms with Crippen molar-refractivity contribution in [2.24, 2.45) is 0 Å². The highest BCUT2D eigenvalue weighted by Gasteiger charge is 2.27. The summed E-state index contributed by atoms with van der Waals surface area (Å²) in [5.74, 6) is 1.44. The summed E-state index contributed by atoms with van der Waals surface area (Å²) in [4.78, 5) is 9.26. The van der Waals surface area contributed by atoms with Crippen LogP contribution in [0.3, 0.4) is 0 Å². The normalized spacial score (nSPS) is 27.0. The van der Waals surface area contributed by atoms with Crippen molar-refractivity contribution < 1.29 is 9.26 Å². The Labute approximate surface area is 120 Å². The minimum absolute atomic E-state index is 0.209. The van der Waals surface area contributed by atoms with Gasteiger partial charge in [-0.2, -0.15) is 4.98 Å². The monoisotopic (exact) mass is 280 g/mol. The molecule has 0 N–H and O–H groups in total. The van der Waals surface area contributed by atoms with Crippen molar-refractivity contribution in [1.82, 2.24) is 19.9 Å². The standard InChI is InChI=1S/C14H24N4O2/c1-11(14-15-12(2)16-20-14)18-7-5-17(6-8-18)10-13-4-3-9-19-13/h11,13H,3-10H2,1-2H3/t11-,13+/m1/s1. The lowest BCUT2D eigenvalue weighted by atomic mass is 10.2. The Kier molecular flexibility index (Phi) is 4.33. The fourth-order valence-corrected chi connectivity index (χ4v) is 3.05. The lowest BCUT2D eigenvalue weighted by molar-refractivity contribution is 0.0379. The highest BCUT2D eigenvalue weighted by Crippen LogP contribution is 2.21. The molecule has 0 unspecified atom stereocenters. The Balaban J connectivity index is 1.48. The Morgan fingerprint density at radius 1 is 1.30 bits per heavy atom. The Bertz CT molecular complexity index is 423. The minimum atomic E-state index is 0.209.